The second kappa shape index (κ2) is 2.94. The molecule has 0 aromatic carbocycles. The Bertz CT molecular complexity index is 266. The lowest BCUT2D eigenvalue weighted by Gasteiger charge is -2.25. The second-order valence-electron chi connectivity index (χ2n) is 2.54. The molecule has 0 spiro atoms. The van der Waals surface area contributed by atoms with Gasteiger partial charge in [0.25, 0.3) is 0 Å². The average Bonchev–Trinajstić information content (AvgIpc) is 2.47. The molecule has 1 aromatic rings. The number of nitrogens with zero attached hydrogens (tertiary/aromatic N) is 1. The summed E-state index contributed by atoms with van der Waals surface area (Å²) in [6.07, 6.45) is 1.43. The van der Waals surface area contributed by atoms with Gasteiger partial charge in [0, 0.05) is 6.20 Å². The topological polar surface area (TPSA) is 64.2 Å². The highest BCUT2D eigenvalue weighted by Gasteiger charge is 2.23. The van der Waals surface area contributed by atoms with Crippen LogP contribution in [0, 0.1) is 0 Å². The van der Waals surface area contributed by atoms with Crippen molar-refractivity contribution in [3.05, 3.63) is 18.0 Å². The van der Waals surface area contributed by atoms with Crippen molar-refractivity contribution in [1.82, 2.24) is 10.2 Å². The lowest BCUT2D eigenvalue weighted by Crippen LogP contribution is -2.37. The third-order valence-corrected chi connectivity index (χ3v) is 1.60. The van der Waals surface area contributed by atoms with Crippen LogP contribution in [0.5, 0.6) is 0 Å². The van der Waals surface area contributed by atoms with Crippen LogP contribution in [-0.2, 0) is 9.47 Å². The van der Waals surface area contributed by atoms with E-state index in [2.05, 4.69) is 10.2 Å². The number of esters is 1. The molecule has 1 aliphatic heterocycles. The minimum Gasteiger partial charge on any atom is -0.453 e. The van der Waals surface area contributed by atoms with Crippen molar-refractivity contribution in [1.29, 1.82) is 0 Å². The minimum atomic E-state index is -0.374. The van der Waals surface area contributed by atoms with Gasteiger partial charge >= 0.3 is 5.97 Å². The number of hydrogen-bond donors (Lipinski definition) is 1. The lowest BCUT2D eigenvalue weighted by molar-refractivity contribution is -0.103. The summed E-state index contributed by atoms with van der Waals surface area (Å²) in [5, 5.41) is 6.16. The van der Waals surface area contributed by atoms with Gasteiger partial charge in [0.15, 0.2) is 0 Å². The molecule has 0 radical (unpaired) electrons. The summed E-state index contributed by atoms with van der Waals surface area (Å²) >= 11 is 0. The smallest absolute Gasteiger partial charge is 0.356 e. The summed E-state index contributed by atoms with van der Waals surface area (Å²) < 4.78 is 9.85. The normalized spacial score (nSPS) is 17.0. The fourth-order valence-corrected chi connectivity index (χ4v) is 0.867. The zero-order valence-electron chi connectivity index (χ0n) is 6.32. The largest absolute Gasteiger partial charge is 0.453 e. The van der Waals surface area contributed by atoms with Crippen molar-refractivity contribution in [3.8, 4) is 0 Å². The van der Waals surface area contributed by atoms with E-state index >= 15 is 0 Å². The number of nitrogens with one attached hydrogen (secondary N) is 1. The third-order valence-electron chi connectivity index (χ3n) is 1.60. The fourth-order valence-electron chi connectivity index (χ4n) is 0.867. The first-order valence-electron chi connectivity index (χ1n) is 3.64. The van der Waals surface area contributed by atoms with Crippen LogP contribution in [0.2, 0.25) is 0 Å². The predicted octanol–water partition coefficient (Wildman–Crippen LogP) is -0.0347. The molecule has 64 valence electrons. The van der Waals surface area contributed by atoms with Crippen LogP contribution in [-0.4, -0.2) is 35.5 Å². The number of carbonyl (C=O) groups is 1. The van der Waals surface area contributed by atoms with Crippen molar-refractivity contribution in [2.45, 2.75) is 6.10 Å². The molecular weight excluding hydrogens is 160 g/mol. The van der Waals surface area contributed by atoms with Gasteiger partial charge in [-0.15, -0.1) is 0 Å². The van der Waals surface area contributed by atoms with E-state index in [9.17, 15) is 4.79 Å². The van der Waals surface area contributed by atoms with Gasteiger partial charge in [-0.2, -0.15) is 5.10 Å². The highest BCUT2D eigenvalue weighted by Crippen LogP contribution is 2.07. The van der Waals surface area contributed by atoms with Crippen molar-refractivity contribution >= 4 is 5.97 Å². The predicted molar refractivity (Wildman–Crippen MR) is 38.6 cm³/mol. The Morgan fingerprint density at radius 2 is 2.58 bits per heavy atom. The highest BCUT2D eigenvalue weighted by atomic mass is 16.6. The lowest BCUT2D eigenvalue weighted by atomic mass is 10.3. The van der Waals surface area contributed by atoms with E-state index in [0.29, 0.717) is 18.9 Å². The molecule has 1 aliphatic rings. The fraction of sp³-hybridized carbons (Fsp3) is 0.429. The van der Waals surface area contributed by atoms with Gasteiger partial charge in [-0.05, 0) is 6.07 Å². The summed E-state index contributed by atoms with van der Waals surface area (Å²) in [6, 6.07) is 1.57. The Balaban J connectivity index is 1.92. The van der Waals surface area contributed by atoms with Gasteiger partial charge in [0.05, 0.1) is 13.2 Å². The minimum absolute atomic E-state index is 0.0826. The first-order chi connectivity index (χ1) is 5.86. The van der Waals surface area contributed by atoms with Crippen LogP contribution in [0.4, 0.5) is 0 Å². The summed E-state index contributed by atoms with van der Waals surface area (Å²) in [7, 11) is 0. The first kappa shape index (κ1) is 7.30. The van der Waals surface area contributed by atoms with Gasteiger partial charge in [0.1, 0.15) is 11.8 Å². The molecule has 1 aromatic heterocycles. The van der Waals surface area contributed by atoms with Gasteiger partial charge in [-0.25, -0.2) is 4.79 Å². The maximum Gasteiger partial charge on any atom is 0.356 e. The Hall–Kier alpha value is -1.36. The first-order valence-corrected chi connectivity index (χ1v) is 3.64. The summed E-state index contributed by atoms with van der Waals surface area (Å²) in [5.74, 6) is -0.374. The van der Waals surface area contributed by atoms with Gasteiger partial charge in [-0.3, -0.25) is 5.10 Å². The van der Waals surface area contributed by atoms with Crippen molar-refractivity contribution in [3.63, 3.8) is 0 Å². The highest BCUT2D eigenvalue weighted by molar-refractivity contribution is 5.87. The van der Waals surface area contributed by atoms with E-state index in [1.807, 2.05) is 0 Å². The molecule has 0 saturated carbocycles. The molecule has 0 atom stereocenters. The van der Waals surface area contributed by atoms with E-state index in [1.165, 1.54) is 6.20 Å². The standard InChI is InChI=1S/C7H8N2O3/c10-7(6-1-2-8-9-6)12-5-3-11-4-5/h1-2,5H,3-4H2,(H,8,9). The molecule has 0 bridgehead atoms. The maximum absolute atomic E-state index is 11.2. The molecule has 2 heterocycles. The van der Waals surface area contributed by atoms with E-state index in [0.717, 1.165) is 0 Å². The molecule has 2 rings (SSSR count). The number of ether oxygens (including phenoxy) is 2. The third kappa shape index (κ3) is 1.31. The molecule has 1 fully saturated rings. The number of aromatic nitrogens is 2. The summed E-state index contributed by atoms with van der Waals surface area (Å²) in [5.41, 5.74) is 0.377. The van der Waals surface area contributed by atoms with Crippen molar-refractivity contribution in [2.75, 3.05) is 13.2 Å². The number of H-pyrrole nitrogens is 1. The van der Waals surface area contributed by atoms with Crippen molar-refractivity contribution in [2.24, 2.45) is 0 Å². The van der Waals surface area contributed by atoms with E-state index in [-0.39, 0.29) is 12.1 Å². The van der Waals surface area contributed by atoms with E-state index in [1.54, 1.807) is 6.07 Å². The number of aromatic amines is 1. The van der Waals surface area contributed by atoms with E-state index in [4.69, 9.17) is 9.47 Å². The maximum atomic E-state index is 11.2. The molecule has 12 heavy (non-hydrogen) atoms. The number of rotatable bonds is 2. The Morgan fingerprint density at radius 1 is 1.75 bits per heavy atom. The second-order valence-corrected chi connectivity index (χ2v) is 2.54. The monoisotopic (exact) mass is 168 g/mol. The van der Waals surface area contributed by atoms with Crippen LogP contribution >= 0.6 is 0 Å². The number of hydrogen-bond acceptors (Lipinski definition) is 4. The van der Waals surface area contributed by atoms with Crippen LogP contribution in [0.25, 0.3) is 0 Å². The van der Waals surface area contributed by atoms with Gasteiger partial charge in [0.2, 0.25) is 0 Å². The van der Waals surface area contributed by atoms with Gasteiger partial charge < -0.3 is 9.47 Å². The molecule has 0 unspecified atom stereocenters. The zero-order chi connectivity index (χ0) is 8.39. The Labute approximate surface area is 68.7 Å². The van der Waals surface area contributed by atoms with Gasteiger partial charge in [-0.1, -0.05) is 0 Å². The molecule has 5 nitrogen and oxygen atoms in total. The van der Waals surface area contributed by atoms with Crippen LogP contribution in [0.15, 0.2) is 12.3 Å². The molecular formula is C7H8N2O3. The van der Waals surface area contributed by atoms with Crippen LogP contribution < -0.4 is 0 Å². The average molecular weight is 168 g/mol. The summed E-state index contributed by atoms with van der Waals surface area (Å²) in [4.78, 5) is 11.2. The molecule has 1 saturated heterocycles. The quantitative estimate of drug-likeness (QED) is 0.629. The van der Waals surface area contributed by atoms with E-state index < -0.39 is 0 Å². The van der Waals surface area contributed by atoms with Crippen LogP contribution in [0.3, 0.4) is 0 Å². The molecule has 1 N–H and O–H groups in total. The van der Waals surface area contributed by atoms with Crippen LogP contribution in [0.1, 0.15) is 10.5 Å². The van der Waals surface area contributed by atoms with Crippen molar-refractivity contribution < 1.29 is 14.3 Å². The molecule has 5 heteroatoms. The zero-order valence-corrected chi connectivity index (χ0v) is 6.32. The SMILES string of the molecule is O=C(OC1COC1)c1ccn[nH]1. The Morgan fingerprint density at radius 3 is 3.08 bits per heavy atom. The summed E-state index contributed by atoms with van der Waals surface area (Å²) in [6.45, 7) is 1.000. The molecule has 0 amide bonds. The number of carbonyl (C=O) groups excluding carboxylic acids is 1. The molecule has 0 aliphatic carbocycles. The Kier molecular flexibility index (Phi) is 1.79.